The molecule has 0 atom stereocenters. The first-order chi connectivity index (χ1) is 10.2. The summed E-state index contributed by atoms with van der Waals surface area (Å²) in [4.78, 5) is 2.31. The van der Waals surface area contributed by atoms with Crippen LogP contribution in [0.3, 0.4) is 0 Å². The van der Waals surface area contributed by atoms with E-state index in [-0.39, 0.29) is 11.2 Å². The van der Waals surface area contributed by atoms with Crippen molar-refractivity contribution in [3.05, 3.63) is 29.6 Å². The lowest BCUT2D eigenvalue weighted by Gasteiger charge is -2.39. The zero-order valence-electron chi connectivity index (χ0n) is 13.3. The lowest BCUT2D eigenvalue weighted by atomic mass is 9.75. The normalized spacial score (nSPS) is 21.6. The molecule has 1 fully saturated rings. The number of hydrogen-bond donors (Lipinski definition) is 0. The van der Waals surface area contributed by atoms with Crippen LogP contribution in [0.4, 0.5) is 10.1 Å². The van der Waals surface area contributed by atoms with E-state index in [1.54, 1.807) is 6.07 Å². The highest BCUT2D eigenvalue weighted by atomic mass is 32.2. The van der Waals surface area contributed by atoms with Crippen molar-refractivity contribution < 1.29 is 12.8 Å². The Labute approximate surface area is 132 Å². The van der Waals surface area contributed by atoms with E-state index in [1.807, 2.05) is 6.07 Å². The summed E-state index contributed by atoms with van der Waals surface area (Å²) < 4.78 is 38.7. The first kappa shape index (κ1) is 15.7. The van der Waals surface area contributed by atoms with Gasteiger partial charge in [0.05, 0.1) is 6.26 Å². The van der Waals surface area contributed by atoms with Gasteiger partial charge in [-0.25, -0.2) is 17.1 Å². The molecule has 0 aliphatic carbocycles. The van der Waals surface area contributed by atoms with Crippen molar-refractivity contribution >= 4 is 15.7 Å². The molecule has 3 rings (SSSR count). The smallest absolute Gasteiger partial charge is 0.211 e. The van der Waals surface area contributed by atoms with Crippen molar-refractivity contribution in [1.29, 1.82) is 0 Å². The van der Waals surface area contributed by atoms with Gasteiger partial charge in [-0.15, -0.1) is 0 Å². The second-order valence-corrected chi connectivity index (χ2v) is 8.81. The molecule has 6 heteroatoms. The first-order valence-corrected chi connectivity index (χ1v) is 9.60. The van der Waals surface area contributed by atoms with Crippen LogP contribution in [0.5, 0.6) is 0 Å². The van der Waals surface area contributed by atoms with Crippen LogP contribution in [-0.2, 0) is 15.4 Å². The minimum atomic E-state index is -3.14. The highest BCUT2D eigenvalue weighted by Gasteiger charge is 2.46. The van der Waals surface area contributed by atoms with E-state index in [2.05, 4.69) is 18.7 Å². The molecule has 1 aromatic rings. The third kappa shape index (κ3) is 2.52. The summed E-state index contributed by atoms with van der Waals surface area (Å²) in [6.45, 7) is 6.15. The van der Waals surface area contributed by atoms with Crippen molar-refractivity contribution in [1.82, 2.24) is 4.31 Å². The van der Waals surface area contributed by atoms with Crippen molar-refractivity contribution in [2.75, 3.05) is 30.8 Å². The molecular weight excluding hydrogens is 303 g/mol. The van der Waals surface area contributed by atoms with E-state index in [1.165, 1.54) is 16.6 Å². The average molecular weight is 326 g/mol. The number of sulfonamides is 1. The SMILES string of the molecule is CC(C)N1CC2(CCN(S(C)(=O)=O)CC2)c2cc(F)ccc21. The molecule has 22 heavy (non-hydrogen) atoms. The topological polar surface area (TPSA) is 40.6 Å². The average Bonchev–Trinajstić information content (AvgIpc) is 2.73. The number of halogens is 1. The zero-order chi connectivity index (χ0) is 16.1. The van der Waals surface area contributed by atoms with E-state index in [4.69, 9.17) is 0 Å². The molecule has 0 amide bonds. The van der Waals surface area contributed by atoms with Crippen LogP contribution in [0.1, 0.15) is 32.3 Å². The second-order valence-electron chi connectivity index (χ2n) is 6.83. The fraction of sp³-hybridized carbons (Fsp3) is 0.625. The third-order valence-corrected chi connectivity index (χ3v) is 6.39. The Balaban J connectivity index is 1.95. The standard InChI is InChI=1S/C16H23FN2O2S/c1-12(2)19-11-16(14-10-13(17)4-5-15(14)19)6-8-18(9-7-16)22(3,20)21/h4-5,10,12H,6-9,11H2,1-3H3. The Morgan fingerprint density at radius 3 is 2.41 bits per heavy atom. The molecule has 0 N–H and O–H groups in total. The Morgan fingerprint density at radius 1 is 1.23 bits per heavy atom. The lowest BCUT2D eigenvalue weighted by molar-refractivity contribution is 0.243. The lowest BCUT2D eigenvalue weighted by Crippen LogP contribution is -2.47. The fourth-order valence-electron chi connectivity index (χ4n) is 3.81. The third-order valence-electron chi connectivity index (χ3n) is 5.08. The number of fused-ring (bicyclic) bond motifs is 2. The summed E-state index contributed by atoms with van der Waals surface area (Å²) in [7, 11) is -3.14. The van der Waals surface area contributed by atoms with Crippen LogP contribution >= 0.6 is 0 Å². The van der Waals surface area contributed by atoms with Crippen LogP contribution in [0, 0.1) is 5.82 Å². The van der Waals surface area contributed by atoms with E-state index in [0.717, 1.165) is 30.6 Å². The van der Waals surface area contributed by atoms with Gasteiger partial charge in [-0.3, -0.25) is 0 Å². The van der Waals surface area contributed by atoms with Gasteiger partial charge in [0.25, 0.3) is 0 Å². The summed E-state index contributed by atoms with van der Waals surface area (Å²) in [6, 6.07) is 5.37. The van der Waals surface area contributed by atoms with Gasteiger partial charge in [0.1, 0.15) is 5.82 Å². The van der Waals surface area contributed by atoms with Crippen molar-refractivity contribution in [3.63, 3.8) is 0 Å². The van der Waals surface area contributed by atoms with Crippen molar-refractivity contribution in [2.45, 2.75) is 38.1 Å². The van der Waals surface area contributed by atoms with Crippen LogP contribution in [0.25, 0.3) is 0 Å². The zero-order valence-corrected chi connectivity index (χ0v) is 14.2. The molecule has 1 spiro atoms. The molecule has 122 valence electrons. The maximum atomic E-state index is 13.8. The molecule has 0 unspecified atom stereocenters. The minimum Gasteiger partial charge on any atom is -0.368 e. The maximum absolute atomic E-state index is 13.8. The van der Waals surface area contributed by atoms with Crippen molar-refractivity contribution in [3.8, 4) is 0 Å². The van der Waals surface area contributed by atoms with Gasteiger partial charge < -0.3 is 4.90 Å². The van der Waals surface area contributed by atoms with Crippen LogP contribution in [0.2, 0.25) is 0 Å². The Morgan fingerprint density at radius 2 is 1.86 bits per heavy atom. The number of rotatable bonds is 2. The number of hydrogen-bond acceptors (Lipinski definition) is 3. The Bertz CT molecular complexity index is 679. The van der Waals surface area contributed by atoms with E-state index < -0.39 is 10.0 Å². The predicted octanol–water partition coefficient (Wildman–Crippen LogP) is 2.35. The summed E-state index contributed by atoms with van der Waals surface area (Å²) in [5.41, 5.74) is 2.03. The molecule has 2 heterocycles. The second kappa shape index (κ2) is 5.20. The molecule has 2 aliphatic heterocycles. The fourth-order valence-corrected chi connectivity index (χ4v) is 4.66. The highest BCUT2D eigenvalue weighted by Crippen LogP contribution is 2.48. The monoisotopic (exact) mass is 326 g/mol. The molecule has 0 radical (unpaired) electrons. The van der Waals surface area contributed by atoms with Crippen molar-refractivity contribution in [2.24, 2.45) is 0 Å². The summed E-state index contributed by atoms with van der Waals surface area (Å²) in [5, 5.41) is 0. The summed E-state index contributed by atoms with van der Waals surface area (Å²) in [6.07, 6.45) is 2.76. The molecule has 0 bridgehead atoms. The number of piperidine rings is 1. The molecule has 4 nitrogen and oxygen atoms in total. The molecule has 1 saturated heterocycles. The number of benzene rings is 1. The van der Waals surface area contributed by atoms with E-state index in [9.17, 15) is 12.8 Å². The molecule has 0 aromatic heterocycles. The van der Waals surface area contributed by atoms with Gasteiger partial charge in [-0.2, -0.15) is 0 Å². The molecular formula is C16H23FN2O2S. The molecule has 0 saturated carbocycles. The summed E-state index contributed by atoms with van der Waals surface area (Å²) in [5.74, 6) is -0.214. The Hall–Kier alpha value is -1.14. The van der Waals surface area contributed by atoms with Crippen LogP contribution < -0.4 is 4.90 Å². The quantitative estimate of drug-likeness (QED) is 0.838. The van der Waals surface area contributed by atoms with Gasteiger partial charge in [0, 0.05) is 36.8 Å². The number of nitrogens with zero attached hydrogens (tertiary/aromatic N) is 2. The van der Waals surface area contributed by atoms with Gasteiger partial charge in [-0.1, -0.05) is 0 Å². The van der Waals surface area contributed by atoms with Gasteiger partial charge in [-0.05, 0) is 50.5 Å². The predicted molar refractivity (Wildman–Crippen MR) is 86.2 cm³/mol. The molecule has 1 aromatic carbocycles. The van der Waals surface area contributed by atoms with Gasteiger partial charge in [0.15, 0.2) is 0 Å². The van der Waals surface area contributed by atoms with E-state index in [0.29, 0.717) is 19.1 Å². The van der Waals surface area contributed by atoms with Crippen LogP contribution in [0.15, 0.2) is 18.2 Å². The van der Waals surface area contributed by atoms with E-state index >= 15 is 0 Å². The maximum Gasteiger partial charge on any atom is 0.211 e. The minimum absolute atomic E-state index is 0.122. The molecule has 2 aliphatic rings. The highest BCUT2D eigenvalue weighted by molar-refractivity contribution is 7.88. The van der Waals surface area contributed by atoms with Gasteiger partial charge in [0.2, 0.25) is 10.0 Å². The van der Waals surface area contributed by atoms with Gasteiger partial charge >= 0.3 is 0 Å². The Kier molecular flexibility index (Phi) is 3.72. The largest absolute Gasteiger partial charge is 0.368 e. The van der Waals surface area contributed by atoms with Crippen LogP contribution in [-0.4, -0.2) is 44.7 Å². The number of anilines is 1. The first-order valence-electron chi connectivity index (χ1n) is 7.75. The summed E-state index contributed by atoms with van der Waals surface area (Å²) >= 11 is 0.